The number of aliphatic hydroxyl groups is 1. The number of amides is 1. The van der Waals surface area contributed by atoms with Crippen molar-refractivity contribution < 1.29 is 19.8 Å². The van der Waals surface area contributed by atoms with Crippen LogP contribution in [0.5, 0.6) is 0 Å². The van der Waals surface area contributed by atoms with E-state index in [1.165, 1.54) is 0 Å². The number of carboxylic acids is 1. The predicted molar refractivity (Wildman–Crippen MR) is 59.9 cm³/mol. The number of nitrogens with one attached hydrogen (secondary N) is 1. The molecular formula is C12H14NO4-. The van der Waals surface area contributed by atoms with Crippen LogP contribution in [0.1, 0.15) is 31.4 Å². The van der Waals surface area contributed by atoms with Crippen molar-refractivity contribution in [1.82, 2.24) is 0 Å². The lowest BCUT2D eigenvalue weighted by atomic mass is 10.1. The number of aliphatic carboxylic acids is 1. The molecule has 0 aliphatic heterocycles. The van der Waals surface area contributed by atoms with E-state index in [1.807, 2.05) is 0 Å². The lowest BCUT2D eigenvalue weighted by molar-refractivity contribution is -0.305. The molecule has 17 heavy (non-hydrogen) atoms. The second-order valence-corrected chi connectivity index (χ2v) is 3.72. The van der Waals surface area contributed by atoms with Gasteiger partial charge in [-0.05, 0) is 31.0 Å². The summed E-state index contributed by atoms with van der Waals surface area (Å²) < 4.78 is 0. The molecule has 1 rings (SSSR count). The third-order valence-electron chi connectivity index (χ3n) is 2.21. The summed E-state index contributed by atoms with van der Waals surface area (Å²) in [6.45, 7) is 1.62. The first-order valence-electron chi connectivity index (χ1n) is 5.27. The van der Waals surface area contributed by atoms with Gasteiger partial charge in [-0.2, -0.15) is 0 Å². The van der Waals surface area contributed by atoms with Gasteiger partial charge in [0.2, 0.25) is 5.91 Å². The van der Waals surface area contributed by atoms with Crippen molar-refractivity contribution in [3.05, 3.63) is 29.8 Å². The van der Waals surface area contributed by atoms with Crippen LogP contribution in [0.15, 0.2) is 24.3 Å². The first kappa shape index (κ1) is 13.2. The molecule has 0 heterocycles. The molecule has 1 amide bonds. The Bertz CT molecular complexity index is 415. The third kappa shape index (κ3) is 4.65. The van der Waals surface area contributed by atoms with E-state index < -0.39 is 18.0 Å². The zero-order chi connectivity index (χ0) is 12.8. The minimum Gasteiger partial charge on any atom is -0.550 e. The summed E-state index contributed by atoms with van der Waals surface area (Å²) in [6, 6.07) is 6.75. The number of carboxylic acid groups (broad SMARTS) is 1. The molecule has 0 unspecified atom stereocenters. The van der Waals surface area contributed by atoms with Crippen LogP contribution in [0.4, 0.5) is 5.69 Å². The second kappa shape index (κ2) is 6.00. The number of rotatable bonds is 5. The number of hydrogen-bond acceptors (Lipinski definition) is 4. The molecular weight excluding hydrogens is 222 g/mol. The van der Waals surface area contributed by atoms with E-state index in [0.29, 0.717) is 11.3 Å². The van der Waals surface area contributed by atoms with Crippen LogP contribution in [0.3, 0.4) is 0 Å². The normalized spacial score (nSPS) is 11.9. The third-order valence-corrected chi connectivity index (χ3v) is 2.21. The van der Waals surface area contributed by atoms with E-state index in [9.17, 15) is 19.8 Å². The quantitative estimate of drug-likeness (QED) is 0.764. The summed E-state index contributed by atoms with van der Waals surface area (Å²) in [4.78, 5) is 21.5. The van der Waals surface area contributed by atoms with Crippen molar-refractivity contribution in [1.29, 1.82) is 0 Å². The summed E-state index contributed by atoms with van der Waals surface area (Å²) in [7, 11) is 0. The minimum atomic E-state index is -1.25. The number of carbonyl (C=O) groups excluding carboxylic acids is 2. The van der Waals surface area contributed by atoms with E-state index in [4.69, 9.17) is 0 Å². The van der Waals surface area contributed by atoms with Crippen molar-refractivity contribution in [2.75, 3.05) is 5.32 Å². The van der Waals surface area contributed by atoms with Gasteiger partial charge in [0.05, 0.1) is 6.10 Å². The van der Waals surface area contributed by atoms with Gasteiger partial charge in [-0.15, -0.1) is 0 Å². The van der Waals surface area contributed by atoms with Crippen LogP contribution >= 0.6 is 0 Å². The van der Waals surface area contributed by atoms with Crippen molar-refractivity contribution in [3.63, 3.8) is 0 Å². The highest BCUT2D eigenvalue weighted by atomic mass is 16.4. The Morgan fingerprint density at radius 1 is 1.41 bits per heavy atom. The number of benzene rings is 1. The summed E-state index contributed by atoms with van der Waals surface area (Å²) in [5.74, 6) is -1.64. The van der Waals surface area contributed by atoms with E-state index in [1.54, 1.807) is 31.2 Å². The molecule has 0 saturated heterocycles. The standard InChI is InChI=1S/C12H15NO4/c1-8(14)9-3-2-4-10(7-9)13-11(15)5-6-12(16)17/h2-4,7-8,14H,5-6H2,1H3,(H,13,15)(H,16,17)/p-1/t8-/m1/s1. The minimum absolute atomic E-state index is 0.124. The fourth-order valence-electron chi connectivity index (χ4n) is 1.32. The lowest BCUT2D eigenvalue weighted by Crippen LogP contribution is -2.24. The van der Waals surface area contributed by atoms with Crippen molar-refractivity contribution >= 4 is 17.6 Å². The second-order valence-electron chi connectivity index (χ2n) is 3.72. The fourth-order valence-corrected chi connectivity index (χ4v) is 1.32. The van der Waals surface area contributed by atoms with Gasteiger partial charge in [-0.25, -0.2) is 0 Å². The first-order valence-corrected chi connectivity index (χ1v) is 5.27. The van der Waals surface area contributed by atoms with Gasteiger partial charge in [0.25, 0.3) is 0 Å². The highest BCUT2D eigenvalue weighted by Crippen LogP contribution is 2.17. The molecule has 1 atom stereocenters. The van der Waals surface area contributed by atoms with E-state index in [2.05, 4.69) is 5.32 Å². The maximum absolute atomic E-state index is 11.3. The van der Waals surface area contributed by atoms with Crippen molar-refractivity contribution in [2.45, 2.75) is 25.9 Å². The van der Waals surface area contributed by atoms with Gasteiger partial charge >= 0.3 is 0 Å². The number of aliphatic hydroxyl groups excluding tert-OH is 1. The van der Waals surface area contributed by atoms with Gasteiger partial charge in [-0.3, -0.25) is 4.79 Å². The molecule has 1 aromatic rings. The number of carbonyl (C=O) groups is 2. The first-order chi connectivity index (χ1) is 7.99. The van der Waals surface area contributed by atoms with Crippen molar-refractivity contribution in [3.8, 4) is 0 Å². The van der Waals surface area contributed by atoms with Crippen LogP contribution in [0.25, 0.3) is 0 Å². The van der Waals surface area contributed by atoms with Gasteiger partial charge in [0.1, 0.15) is 0 Å². The Labute approximate surface area is 99.1 Å². The molecule has 5 heteroatoms. The summed E-state index contributed by atoms with van der Waals surface area (Å²) in [5, 5.41) is 22.1. The topological polar surface area (TPSA) is 89.5 Å². The Hall–Kier alpha value is -1.88. The molecule has 2 N–H and O–H groups in total. The average Bonchev–Trinajstić information content (AvgIpc) is 2.26. The Kier molecular flexibility index (Phi) is 4.66. The van der Waals surface area contributed by atoms with Crippen molar-refractivity contribution in [2.24, 2.45) is 0 Å². The molecule has 0 saturated carbocycles. The van der Waals surface area contributed by atoms with E-state index >= 15 is 0 Å². The average molecular weight is 236 g/mol. The molecule has 92 valence electrons. The molecule has 5 nitrogen and oxygen atoms in total. The highest BCUT2D eigenvalue weighted by molar-refractivity contribution is 5.92. The number of hydrogen-bond donors (Lipinski definition) is 2. The van der Waals surface area contributed by atoms with Crippen LogP contribution in [0.2, 0.25) is 0 Å². The summed E-state index contributed by atoms with van der Waals surface area (Å²) >= 11 is 0. The van der Waals surface area contributed by atoms with Gasteiger partial charge < -0.3 is 20.3 Å². The largest absolute Gasteiger partial charge is 0.550 e. The zero-order valence-electron chi connectivity index (χ0n) is 9.47. The molecule has 0 fully saturated rings. The van der Waals surface area contributed by atoms with Crippen LogP contribution in [-0.2, 0) is 9.59 Å². The van der Waals surface area contributed by atoms with Crippen LogP contribution < -0.4 is 10.4 Å². The maximum atomic E-state index is 11.3. The summed E-state index contributed by atoms with van der Waals surface area (Å²) in [6.07, 6.45) is -1.04. The Morgan fingerprint density at radius 3 is 2.71 bits per heavy atom. The maximum Gasteiger partial charge on any atom is 0.224 e. The van der Waals surface area contributed by atoms with E-state index in [0.717, 1.165) is 0 Å². The van der Waals surface area contributed by atoms with Gasteiger partial charge in [0.15, 0.2) is 0 Å². The Morgan fingerprint density at radius 2 is 2.12 bits per heavy atom. The lowest BCUT2D eigenvalue weighted by Gasteiger charge is -2.09. The molecule has 0 spiro atoms. The molecule has 0 bridgehead atoms. The zero-order valence-corrected chi connectivity index (χ0v) is 9.47. The smallest absolute Gasteiger partial charge is 0.224 e. The summed E-state index contributed by atoms with van der Waals surface area (Å²) in [5.41, 5.74) is 1.22. The van der Waals surface area contributed by atoms with E-state index in [-0.39, 0.29) is 12.8 Å². The molecule has 0 aliphatic carbocycles. The van der Waals surface area contributed by atoms with Gasteiger partial charge in [-0.1, -0.05) is 12.1 Å². The van der Waals surface area contributed by atoms with Gasteiger partial charge in [0, 0.05) is 18.1 Å². The molecule has 1 aromatic carbocycles. The highest BCUT2D eigenvalue weighted by Gasteiger charge is 2.05. The Balaban J connectivity index is 2.59. The van der Waals surface area contributed by atoms with Crippen LogP contribution in [-0.4, -0.2) is 17.0 Å². The number of anilines is 1. The van der Waals surface area contributed by atoms with Crippen LogP contribution in [0, 0.1) is 0 Å². The molecule has 0 aromatic heterocycles. The molecule has 0 aliphatic rings. The predicted octanol–water partition coefficient (Wildman–Crippen LogP) is 0.208. The SMILES string of the molecule is C[C@@H](O)c1cccc(NC(=O)CCC(=O)[O-])c1. The molecule has 0 radical (unpaired) electrons. The fraction of sp³-hybridized carbons (Fsp3) is 0.333. The monoisotopic (exact) mass is 236 g/mol.